The van der Waals surface area contributed by atoms with Crippen LogP contribution in [-0.4, -0.2) is 68.5 Å². The number of hydrogen-bond donors (Lipinski definition) is 3. The van der Waals surface area contributed by atoms with E-state index in [9.17, 15) is 19.8 Å². The molecule has 0 aromatic carbocycles. The van der Waals surface area contributed by atoms with E-state index in [1.807, 2.05) is 27.7 Å². The van der Waals surface area contributed by atoms with Gasteiger partial charge >= 0.3 is 0 Å². The Morgan fingerprint density at radius 1 is 1.28 bits per heavy atom. The first-order chi connectivity index (χ1) is 15.0. The second-order valence-electron chi connectivity index (χ2n) is 9.36. The van der Waals surface area contributed by atoms with Gasteiger partial charge in [0.25, 0.3) is 0 Å². The fraction of sp³-hybridized carbons (Fsp3) is 0.636. The lowest BCUT2D eigenvalue weighted by atomic mass is 9.83. The number of aliphatic hydroxyl groups excluding tert-OH is 2. The Morgan fingerprint density at radius 2 is 1.97 bits per heavy atom. The normalized spacial score (nSPS) is 23.8. The number of aliphatic hydroxyl groups is 2. The van der Waals surface area contributed by atoms with E-state index in [1.165, 1.54) is 31.1 Å². The fourth-order valence-electron chi connectivity index (χ4n) is 4.29. The van der Waals surface area contributed by atoms with E-state index < -0.39 is 30.0 Å². The molecule has 4 atom stereocenters. The van der Waals surface area contributed by atoms with E-state index >= 15 is 0 Å². The van der Waals surface area contributed by atoms with Crippen LogP contribution in [0.5, 0.6) is 0 Å². The van der Waals surface area contributed by atoms with Crippen LogP contribution in [0.4, 0.5) is 5.82 Å². The average Bonchev–Trinajstić information content (AvgIpc) is 3.21. The summed E-state index contributed by atoms with van der Waals surface area (Å²) in [5.41, 5.74) is -0.0679. The summed E-state index contributed by atoms with van der Waals surface area (Å²) in [5.74, 6) is 0.0490. The van der Waals surface area contributed by atoms with Gasteiger partial charge in [-0.3, -0.25) is 9.59 Å². The molecule has 10 heteroatoms. The summed E-state index contributed by atoms with van der Waals surface area (Å²) < 4.78 is 12.4. The highest BCUT2D eigenvalue weighted by Gasteiger charge is 2.44. The molecule has 2 aromatic rings. The molecule has 3 heterocycles. The highest BCUT2D eigenvalue weighted by Crippen LogP contribution is 2.36. The Kier molecular flexibility index (Phi) is 6.99. The van der Waals surface area contributed by atoms with Gasteiger partial charge in [-0.2, -0.15) is 0 Å². The SMILES string of the molecule is COC[C@H]1O[C@@H](n2cc(C(C)=O)c3c(NC(=O)C(C)(C)CC(C)C)ncnc32)[C@@H](O)C1O. The van der Waals surface area contributed by atoms with Gasteiger partial charge in [-0.05, 0) is 19.3 Å². The van der Waals surface area contributed by atoms with Gasteiger partial charge in [0.2, 0.25) is 5.91 Å². The van der Waals surface area contributed by atoms with E-state index in [-0.39, 0.29) is 29.7 Å². The summed E-state index contributed by atoms with van der Waals surface area (Å²) in [7, 11) is 1.47. The van der Waals surface area contributed by atoms with Gasteiger partial charge < -0.3 is 29.6 Å². The lowest BCUT2D eigenvalue weighted by Crippen LogP contribution is -2.33. The third-order valence-electron chi connectivity index (χ3n) is 5.70. The van der Waals surface area contributed by atoms with Crippen molar-refractivity contribution in [1.29, 1.82) is 0 Å². The van der Waals surface area contributed by atoms with Gasteiger partial charge in [0.05, 0.1) is 12.0 Å². The van der Waals surface area contributed by atoms with Crippen molar-refractivity contribution in [3.05, 3.63) is 18.1 Å². The van der Waals surface area contributed by atoms with E-state index in [0.29, 0.717) is 23.4 Å². The molecule has 3 N–H and O–H groups in total. The molecule has 0 radical (unpaired) electrons. The van der Waals surface area contributed by atoms with Crippen molar-refractivity contribution in [2.24, 2.45) is 11.3 Å². The van der Waals surface area contributed by atoms with Crippen LogP contribution < -0.4 is 5.32 Å². The molecule has 1 aliphatic heterocycles. The Balaban J connectivity index is 2.05. The van der Waals surface area contributed by atoms with Gasteiger partial charge in [-0.25, -0.2) is 9.97 Å². The number of carbonyl (C=O) groups is 2. The number of nitrogens with one attached hydrogen (secondary N) is 1. The first kappa shape index (κ1) is 24.2. The predicted octanol–water partition coefficient (Wildman–Crippen LogP) is 1.91. The topological polar surface area (TPSA) is 136 Å². The first-order valence-electron chi connectivity index (χ1n) is 10.7. The van der Waals surface area contributed by atoms with Crippen LogP contribution in [-0.2, 0) is 14.3 Å². The highest BCUT2D eigenvalue weighted by atomic mass is 16.6. The lowest BCUT2D eigenvalue weighted by molar-refractivity contribution is -0.124. The third-order valence-corrected chi connectivity index (χ3v) is 5.70. The van der Waals surface area contributed by atoms with Crippen molar-refractivity contribution < 1.29 is 29.3 Å². The second kappa shape index (κ2) is 9.22. The number of amides is 1. The number of rotatable bonds is 8. The molecular formula is C22H32N4O6. The highest BCUT2D eigenvalue weighted by molar-refractivity contribution is 6.12. The molecule has 0 aliphatic carbocycles. The Bertz CT molecular complexity index is 1000. The number of fused-ring (bicyclic) bond motifs is 1. The number of nitrogens with zero attached hydrogens (tertiary/aromatic N) is 3. The Morgan fingerprint density at radius 3 is 2.56 bits per heavy atom. The maximum absolute atomic E-state index is 13.0. The van der Waals surface area contributed by atoms with Crippen LogP contribution in [0.1, 0.15) is 57.6 Å². The molecular weight excluding hydrogens is 416 g/mol. The fourth-order valence-corrected chi connectivity index (χ4v) is 4.29. The van der Waals surface area contributed by atoms with Crippen LogP contribution in [0, 0.1) is 11.3 Å². The molecule has 0 bridgehead atoms. The number of carbonyl (C=O) groups excluding carboxylic acids is 2. The summed E-state index contributed by atoms with van der Waals surface area (Å²) in [4.78, 5) is 33.9. The van der Waals surface area contributed by atoms with Crippen molar-refractivity contribution in [1.82, 2.24) is 14.5 Å². The first-order valence-corrected chi connectivity index (χ1v) is 10.7. The number of methoxy groups -OCH3 is 1. The molecule has 0 saturated carbocycles. The molecule has 3 rings (SSSR count). The van der Waals surface area contributed by atoms with Gasteiger partial charge in [0.1, 0.15) is 36.1 Å². The minimum Gasteiger partial charge on any atom is -0.387 e. The van der Waals surface area contributed by atoms with Crippen molar-refractivity contribution in [3.63, 3.8) is 0 Å². The molecule has 1 saturated heterocycles. The molecule has 32 heavy (non-hydrogen) atoms. The number of ketones is 1. The van der Waals surface area contributed by atoms with E-state index in [1.54, 1.807) is 0 Å². The number of aromatic nitrogens is 3. The maximum Gasteiger partial charge on any atom is 0.231 e. The van der Waals surface area contributed by atoms with Crippen molar-refractivity contribution >= 4 is 28.5 Å². The molecule has 10 nitrogen and oxygen atoms in total. The molecule has 0 spiro atoms. The van der Waals surface area contributed by atoms with Crippen LogP contribution in [0.2, 0.25) is 0 Å². The van der Waals surface area contributed by atoms with Gasteiger partial charge in [0, 0.05) is 24.3 Å². The van der Waals surface area contributed by atoms with Crippen LogP contribution in [0.3, 0.4) is 0 Å². The molecule has 1 amide bonds. The quantitative estimate of drug-likeness (QED) is 0.521. The maximum atomic E-state index is 13.0. The van der Waals surface area contributed by atoms with E-state index in [4.69, 9.17) is 9.47 Å². The smallest absolute Gasteiger partial charge is 0.231 e. The second-order valence-corrected chi connectivity index (χ2v) is 9.36. The van der Waals surface area contributed by atoms with Crippen molar-refractivity contribution in [2.45, 2.75) is 65.6 Å². The van der Waals surface area contributed by atoms with Gasteiger partial charge in [0.15, 0.2) is 12.0 Å². The number of ether oxygens (including phenoxy) is 2. The van der Waals surface area contributed by atoms with Crippen LogP contribution in [0.25, 0.3) is 11.0 Å². The molecule has 1 fully saturated rings. The van der Waals surface area contributed by atoms with Gasteiger partial charge in [-0.15, -0.1) is 0 Å². The number of anilines is 1. The van der Waals surface area contributed by atoms with Crippen molar-refractivity contribution in [3.8, 4) is 0 Å². The monoisotopic (exact) mass is 448 g/mol. The minimum absolute atomic E-state index is 0.0920. The summed E-state index contributed by atoms with van der Waals surface area (Å²) >= 11 is 0. The summed E-state index contributed by atoms with van der Waals surface area (Å²) in [5, 5.41) is 24.1. The number of Topliss-reactive ketones (excluding diaryl/α,β-unsaturated/α-hetero) is 1. The van der Waals surface area contributed by atoms with Crippen LogP contribution >= 0.6 is 0 Å². The summed E-state index contributed by atoms with van der Waals surface area (Å²) in [6, 6.07) is 0. The minimum atomic E-state index is -1.26. The van der Waals surface area contributed by atoms with Gasteiger partial charge in [-0.1, -0.05) is 27.7 Å². The largest absolute Gasteiger partial charge is 0.387 e. The zero-order valence-corrected chi connectivity index (χ0v) is 19.3. The lowest BCUT2D eigenvalue weighted by Gasteiger charge is -2.25. The molecule has 1 unspecified atom stereocenters. The Hall–Kier alpha value is -2.40. The van der Waals surface area contributed by atoms with Crippen LogP contribution in [0.15, 0.2) is 12.5 Å². The molecule has 2 aromatic heterocycles. The predicted molar refractivity (Wildman–Crippen MR) is 117 cm³/mol. The summed E-state index contributed by atoms with van der Waals surface area (Å²) in [6.45, 7) is 9.30. The molecule has 176 valence electrons. The third kappa shape index (κ3) is 4.54. The van der Waals surface area contributed by atoms with E-state index in [2.05, 4.69) is 15.3 Å². The zero-order chi connectivity index (χ0) is 23.8. The van der Waals surface area contributed by atoms with E-state index in [0.717, 1.165) is 0 Å². The standard InChI is InChI=1S/C22H32N4O6/c1-11(2)7-22(4,5)21(30)25-18-15-13(12(3)27)8-26(19(15)24-10-23-18)20-17(29)16(28)14(32-20)9-31-6/h8,10-11,14,16-17,20,28-29H,7,9H2,1-6H3,(H,23,24,25,30)/t14-,16?,17+,20-/m1/s1. The zero-order valence-electron chi connectivity index (χ0n) is 19.3. The Labute approximate surface area is 186 Å². The van der Waals surface area contributed by atoms with Crippen molar-refractivity contribution in [2.75, 3.05) is 19.0 Å². The number of hydrogen-bond acceptors (Lipinski definition) is 8. The average molecular weight is 449 g/mol. The molecule has 1 aliphatic rings. The summed E-state index contributed by atoms with van der Waals surface area (Å²) in [6.07, 6.45) is -0.703.